The first-order valence-electron chi connectivity index (χ1n) is 5.46. The Hall–Kier alpha value is -0.270. The molecular formula is C7H11F7O8P2. The standard InChI is InChI=1S/C7H11F7O8P2/c1-3(21-23(15,16)17)4(22-24(18,19)20)6(11,12)7(13,14)5(9,10)2-8/h3-4H,2H2,1H3,(H2,15,16,17)(H2,18,19,20). The van der Waals surface area contributed by atoms with Gasteiger partial charge >= 0.3 is 33.4 Å². The summed E-state index contributed by atoms with van der Waals surface area (Å²) in [6.45, 7) is -3.09. The minimum absolute atomic E-state index is 0.178. The van der Waals surface area contributed by atoms with Crippen molar-refractivity contribution in [3.05, 3.63) is 0 Å². The van der Waals surface area contributed by atoms with Gasteiger partial charge in [0.05, 0.1) is 6.10 Å². The van der Waals surface area contributed by atoms with Crippen molar-refractivity contribution in [2.45, 2.75) is 36.9 Å². The molecule has 0 aliphatic carbocycles. The molecule has 146 valence electrons. The lowest BCUT2D eigenvalue weighted by Crippen LogP contribution is -2.62. The third-order valence-corrected chi connectivity index (χ3v) is 3.49. The SMILES string of the molecule is CC(OP(=O)(O)O)C(OP(=O)(O)O)C(F)(F)C(F)(F)C(F)(F)CF. The van der Waals surface area contributed by atoms with Crippen LogP contribution in [0.5, 0.6) is 0 Å². The van der Waals surface area contributed by atoms with Crippen molar-refractivity contribution in [2.75, 3.05) is 6.67 Å². The third-order valence-electron chi connectivity index (χ3n) is 2.38. The molecule has 0 rings (SSSR count). The van der Waals surface area contributed by atoms with Gasteiger partial charge in [0.15, 0.2) is 12.8 Å². The van der Waals surface area contributed by atoms with E-state index in [-0.39, 0.29) is 6.92 Å². The van der Waals surface area contributed by atoms with Crippen LogP contribution in [0.2, 0.25) is 0 Å². The van der Waals surface area contributed by atoms with E-state index in [4.69, 9.17) is 19.6 Å². The van der Waals surface area contributed by atoms with Gasteiger partial charge < -0.3 is 19.6 Å². The minimum atomic E-state index is -6.55. The second-order valence-corrected chi connectivity index (χ2v) is 6.74. The lowest BCUT2D eigenvalue weighted by molar-refractivity contribution is -0.338. The molecule has 0 saturated heterocycles. The maximum absolute atomic E-state index is 13.7. The van der Waals surface area contributed by atoms with Crippen molar-refractivity contribution in [1.82, 2.24) is 0 Å². The zero-order chi connectivity index (χ0) is 19.8. The van der Waals surface area contributed by atoms with Crippen LogP contribution in [0.3, 0.4) is 0 Å². The van der Waals surface area contributed by atoms with Gasteiger partial charge in [-0.3, -0.25) is 9.05 Å². The maximum atomic E-state index is 13.7. The molecule has 0 aliphatic heterocycles. The molecule has 4 N–H and O–H groups in total. The fraction of sp³-hybridized carbons (Fsp3) is 1.00. The van der Waals surface area contributed by atoms with E-state index in [0.717, 1.165) is 0 Å². The molecule has 0 aromatic heterocycles. The number of rotatable bonds is 9. The molecule has 0 spiro atoms. The van der Waals surface area contributed by atoms with E-state index in [1.54, 1.807) is 0 Å². The summed E-state index contributed by atoms with van der Waals surface area (Å²) < 4.78 is 119. The summed E-state index contributed by atoms with van der Waals surface area (Å²) in [6.07, 6.45) is -6.90. The van der Waals surface area contributed by atoms with Gasteiger partial charge in [-0.05, 0) is 6.92 Å². The van der Waals surface area contributed by atoms with Crippen LogP contribution >= 0.6 is 15.6 Å². The molecule has 0 radical (unpaired) electrons. The van der Waals surface area contributed by atoms with Crippen LogP contribution in [0.1, 0.15) is 6.92 Å². The molecule has 2 unspecified atom stereocenters. The molecule has 0 saturated carbocycles. The Morgan fingerprint density at radius 3 is 1.58 bits per heavy atom. The van der Waals surface area contributed by atoms with E-state index in [1.807, 2.05) is 0 Å². The molecule has 0 heterocycles. The van der Waals surface area contributed by atoms with Gasteiger partial charge in [-0.1, -0.05) is 0 Å². The van der Waals surface area contributed by atoms with Crippen LogP contribution in [-0.4, -0.2) is 56.2 Å². The Balaban J connectivity index is 6.03. The smallest absolute Gasteiger partial charge is 0.303 e. The van der Waals surface area contributed by atoms with Crippen LogP contribution < -0.4 is 0 Å². The van der Waals surface area contributed by atoms with Crippen molar-refractivity contribution >= 4 is 15.6 Å². The first-order chi connectivity index (χ1) is 10.3. The van der Waals surface area contributed by atoms with Crippen molar-refractivity contribution < 1.29 is 68.5 Å². The number of phosphoric ester groups is 2. The summed E-state index contributed by atoms with van der Waals surface area (Å²) in [5.41, 5.74) is 0. The molecule has 0 aliphatic rings. The van der Waals surface area contributed by atoms with E-state index < -0.39 is 52.3 Å². The van der Waals surface area contributed by atoms with Crippen molar-refractivity contribution in [3.63, 3.8) is 0 Å². The highest BCUT2D eigenvalue weighted by atomic mass is 31.2. The Morgan fingerprint density at radius 2 is 1.29 bits per heavy atom. The number of alkyl halides is 7. The van der Waals surface area contributed by atoms with E-state index in [9.17, 15) is 39.9 Å². The second-order valence-electron chi connectivity index (χ2n) is 4.35. The fourth-order valence-corrected chi connectivity index (χ4v) is 2.52. The molecule has 24 heavy (non-hydrogen) atoms. The topological polar surface area (TPSA) is 134 Å². The average Bonchev–Trinajstić information content (AvgIpc) is 2.32. The Kier molecular flexibility index (Phi) is 7.07. The highest BCUT2D eigenvalue weighted by Gasteiger charge is 2.76. The number of halogens is 7. The van der Waals surface area contributed by atoms with Crippen LogP contribution in [0, 0.1) is 0 Å². The Labute approximate surface area is 129 Å². The molecule has 0 bridgehead atoms. The monoisotopic (exact) mass is 418 g/mol. The Bertz CT molecular complexity index is 531. The molecule has 2 atom stereocenters. The summed E-state index contributed by atoms with van der Waals surface area (Å²) in [5.74, 6) is -18.8. The Morgan fingerprint density at radius 1 is 0.917 bits per heavy atom. The molecule has 8 nitrogen and oxygen atoms in total. The van der Waals surface area contributed by atoms with Gasteiger partial charge in [0.1, 0.15) is 0 Å². The lowest BCUT2D eigenvalue weighted by atomic mass is 9.97. The third kappa shape index (κ3) is 5.63. The highest BCUT2D eigenvalue weighted by Crippen LogP contribution is 2.53. The minimum Gasteiger partial charge on any atom is -0.303 e. The zero-order valence-corrected chi connectivity index (χ0v) is 13.1. The summed E-state index contributed by atoms with van der Waals surface area (Å²) in [4.78, 5) is 33.7. The van der Waals surface area contributed by atoms with Gasteiger partial charge in [0, 0.05) is 0 Å². The molecule has 17 heteroatoms. The van der Waals surface area contributed by atoms with Crippen LogP contribution in [-0.2, 0) is 18.2 Å². The number of hydrogen-bond donors (Lipinski definition) is 4. The number of hydrogen-bond acceptors (Lipinski definition) is 4. The molecule has 0 amide bonds. The highest BCUT2D eigenvalue weighted by molar-refractivity contribution is 7.46. The van der Waals surface area contributed by atoms with E-state index in [1.165, 1.54) is 0 Å². The second kappa shape index (κ2) is 7.16. The van der Waals surface area contributed by atoms with Gasteiger partial charge in [-0.25, -0.2) is 13.5 Å². The first-order valence-corrected chi connectivity index (χ1v) is 8.52. The predicted molar refractivity (Wildman–Crippen MR) is 60.3 cm³/mol. The summed E-state index contributed by atoms with van der Waals surface area (Å²) >= 11 is 0. The van der Waals surface area contributed by atoms with Crippen LogP contribution in [0.4, 0.5) is 30.7 Å². The molecule has 0 aromatic rings. The summed E-state index contributed by atoms with van der Waals surface area (Å²) in [6, 6.07) is 0. The predicted octanol–water partition coefficient (Wildman–Crippen LogP) is 1.84. The van der Waals surface area contributed by atoms with Crippen LogP contribution in [0.15, 0.2) is 0 Å². The quantitative estimate of drug-likeness (QED) is 0.329. The lowest BCUT2D eigenvalue weighted by Gasteiger charge is -2.37. The van der Waals surface area contributed by atoms with E-state index in [0.29, 0.717) is 0 Å². The normalized spacial score (nSPS) is 17.7. The molecule has 0 aromatic carbocycles. The van der Waals surface area contributed by atoms with Gasteiger partial charge in [0.2, 0.25) is 0 Å². The molecular weight excluding hydrogens is 407 g/mol. The average molecular weight is 418 g/mol. The summed E-state index contributed by atoms with van der Waals surface area (Å²) in [5, 5.41) is 0. The number of phosphoric acid groups is 2. The van der Waals surface area contributed by atoms with Gasteiger partial charge in [-0.15, -0.1) is 0 Å². The van der Waals surface area contributed by atoms with Crippen molar-refractivity contribution in [2.24, 2.45) is 0 Å². The van der Waals surface area contributed by atoms with Crippen LogP contribution in [0.25, 0.3) is 0 Å². The van der Waals surface area contributed by atoms with Crippen molar-refractivity contribution in [3.8, 4) is 0 Å². The van der Waals surface area contributed by atoms with Crippen molar-refractivity contribution in [1.29, 1.82) is 0 Å². The van der Waals surface area contributed by atoms with Gasteiger partial charge in [0.25, 0.3) is 0 Å². The maximum Gasteiger partial charge on any atom is 0.470 e. The fourth-order valence-electron chi connectivity index (χ4n) is 1.37. The van der Waals surface area contributed by atoms with E-state index in [2.05, 4.69) is 9.05 Å². The molecule has 0 fully saturated rings. The van der Waals surface area contributed by atoms with Gasteiger partial charge in [-0.2, -0.15) is 26.3 Å². The summed E-state index contributed by atoms with van der Waals surface area (Å²) in [7, 11) is -11.7. The van der Waals surface area contributed by atoms with E-state index >= 15 is 0 Å². The zero-order valence-electron chi connectivity index (χ0n) is 11.3. The largest absolute Gasteiger partial charge is 0.470 e. The first kappa shape index (κ1) is 23.7.